The van der Waals surface area contributed by atoms with E-state index < -0.39 is 0 Å². The fourth-order valence-electron chi connectivity index (χ4n) is 3.26. The molecule has 0 unspecified atom stereocenters. The zero-order valence-electron chi connectivity index (χ0n) is 14.7. The standard InChI is InChI=1S/C19H28N4O/c1-2-19-20-18(21-24-19)16-23-13-7-12-22(14-15-23)11-6-10-17-8-4-3-5-9-17/h3-5,8-9H,2,6-7,10-16H2,1H3. The Morgan fingerprint density at radius 1 is 1.04 bits per heavy atom. The average molecular weight is 328 g/mol. The van der Waals surface area contributed by atoms with Crippen LogP contribution in [0.1, 0.15) is 37.0 Å². The van der Waals surface area contributed by atoms with Gasteiger partial charge in [0.05, 0.1) is 6.54 Å². The molecule has 24 heavy (non-hydrogen) atoms. The Bertz CT molecular complexity index is 598. The summed E-state index contributed by atoms with van der Waals surface area (Å²) >= 11 is 0. The molecule has 1 fully saturated rings. The molecule has 0 saturated carbocycles. The molecule has 0 bridgehead atoms. The third-order valence-corrected chi connectivity index (χ3v) is 4.64. The van der Waals surface area contributed by atoms with Crippen molar-refractivity contribution in [1.82, 2.24) is 19.9 Å². The molecule has 1 aliphatic rings. The maximum Gasteiger partial charge on any atom is 0.226 e. The molecule has 130 valence electrons. The molecular weight excluding hydrogens is 300 g/mol. The lowest BCUT2D eigenvalue weighted by Gasteiger charge is -2.20. The van der Waals surface area contributed by atoms with E-state index in [1.807, 2.05) is 6.92 Å². The van der Waals surface area contributed by atoms with Crippen LogP contribution in [0.4, 0.5) is 0 Å². The van der Waals surface area contributed by atoms with E-state index in [0.29, 0.717) is 0 Å². The topological polar surface area (TPSA) is 45.4 Å². The minimum atomic E-state index is 0.738. The summed E-state index contributed by atoms with van der Waals surface area (Å²) in [6.07, 6.45) is 4.42. The molecule has 0 atom stereocenters. The van der Waals surface area contributed by atoms with Crippen LogP contribution >= 0.6 is 0 Å². The monoisotopic (exact) mass is 328 g/mol. The lowest BCUT2D eigenvalue weighted by atomic mass is 10.1. The van der Waals surface area contributed by atoms with Gasteiger partial charge in [0.2, 0.25) is 5.89 Å². The van der Waals surface area contributed by atoms with Crippen LogP contribution < -0.4 is 0 Å². The van der Waals surface area contributed by atoms with E-state index in [1.165, 1.54) is 37.9 Å². The molecule has 5 heteroatoms. The lowest BCUT2D eigenvalue weighted by molar-refractivity contribution is 0.243. The van der Waals surface area contributed by atoms with Crippen LogP contribution in [-0.4, -0.2) is 52.7 Å². The van der Waals surface area contributed by atoms with Crippen molar-refractivity contribution < 1.29 is 4.52 Å². The van der Waals surface area contributed by atoms with Gasteiger partial charge in [-0.1, -0.05) is 42.4 Å². The second-order valence-electron chi connectivity index (χ2n) is 6.52. The average Bonchev–Trinajstić information content (AvgIpc) is 2.95. The maximum absolute atomic E-state index is 5.20. The second kappa shape index (κ2) is 8.94. The molecular formula is C19H28N4O. The number of benzene rings is 1. The highest BCUT2D eigenvalue weighted by molar-refractivity contribution is 5.14. The molecule has 2 aromatic rings. The molecule has 3 rings (SSSR count). The molecule has 0 spiro atoms. The zero-order chi connectivity index (χ0) is 16.6. The Morgan fingerprint density at radius 2 is 1.83 bits per heavy atom. The predicted molar refractivity (Wildman–Crippen MR) is 94.8 cm³/mol. The molecule has 0 radical (unpaired) electrons. The van der Waals surface area contributed by atoms with E-state index in [2.05, 4.69) is 50.3 Å². The minimum Gasteiger partial charge on any atom is -0.339 e. The Labute approximate surface area is 144 Å². The molecule has 1 aromatic carbocycles. The van der Waals surface area contributed by atoms with Gasteiger partial charge < -0.3 is 9.42 Å². The van der Waals surface area contributed by atoms with Crippen molar-refractivity contribution in [1.29, 1.82) is 0 Å². The van der Waals surface area contributed by atoms with Crippen LogP contribution in [0.3, 0.4) is 0 Å². The molecule has 1 saturated heterocycles. The van der Waals surface area contributed by atoms with Crippen molar-refractivity contribution in [2.24, 2.45) is 0 Å². The van der Waals surface area contributed by atoms with E-state index in [0.717, 1.165) is 44.3 Å². The fraction of sp³-hybridized carbons (Fsp3) is 0.579. The first-order chi connectivity index (χ1) is 11.8. The summed E-state index contributed by atoms with van der Waals surface area (Å²) in [4.78, 5) is 9.46. The number of rotatable bonds is 7. The summed E-state index contributed by atoms with van der Waals surface area (Å²) in [5.74, 6) is 1.56. The van der Waals surface area contributed by atoms with Crippen LogP contribution in [0.5, 0.6) is 0 Å². The minimum absolute atomic E-state index is 0.738. The van der Waals surface area contributed by atoms with E-state index in [9.17, 15) is 0 Å². The highest BCUT2D eigenvalue weighted by Gasteiger charge is 2.16. The highest BCUT2D eigenvalue weighted by Crippen LogP contribution is 2.09. The van der Waals surface area contributed by atoms with Gasteiger partial charge in [-0.05, 0) is 44.5 Å². The molecule has 0 aliphatic carbocycles. The number of aromatic nitrogens is 2. The summed E-state index contributed by atoms with van der Waals surface area (Å²) < 4.78 is 5.20. The van der Waals surface area contributed by atoms with Crippen molar-refractivity contribution >= 4 is 0 Å². The van der Waals surface area contributed by atoms with Crippen LogP contribution in [-0.2, 0) is 19.4 Å². The predicted octanol–water partition coefficient (Wildman–Crippen LogP) is 2.77. The second-order valence-corrected chi connectivity index (χ2v) is 6.52. The molecule has 1 aromatic heterocycles. The first kappa shape index (κ1) is 17.1. The smallest absolute Gasteiger partial charge is 0.226 e. The van der Waals surface area contributed by atoms with E-state index in [-0.39, 0.29) is 0 Å². The Kier molecular flexibility index (Phi) is 6.38. The van der Waals surface area contributed by atoms with Crippen LogP contribution in [0, 0.1) is 0 Å². The Morgan fingerprint density at radius 3 is 2.62 bits per heavy atom. The van der Waals surface area contributed by atoms with Gasteiger partial charge in [-0.3, -0.25) is 4.90 Å². The van der Waals surface area contributed by atoms with Gasteiger partial charge in [0, 0.05) is 19.5 Å². The zero-order valence-corrected chi connectivity index (χ0v) is 14.7. The summed E-state index contributed by atoms with van der Waals surface area (Å²) in [5, 5.41) is 4.07. The first-order valence-corrected chi connectivity index (χ1v) is 9.13. The molecule has 0 N–H and O–H groups in total. The fourth-order valence-corrected chi connectivity index (χ4v) is 3.26. The van der Waals surface area contributed by atoms with E-state index in [4.69, 9.17) is 4.52 Å². The van der Waals surface area contributed by atoms with Gasteiger partial charge in [-0.15, -0.1) is 0 Å². The van der Waals surface area contributed by atoms with Crippen molar-refractivity contribution in [2.45, 2.75) is 39.2 Å². The largest absolute Gasteiger partial charge is 0.339 e. The number of nitrogens with zero attached hydrogens (tertiary/aromatic N) is 4. The van der Waals surface area contributed by atoms with Gasteiger partial charge in [0.1, 0.15) is 0 Å². The summed E-state index contributed by atoms with van der Waals surface area (Å²) in [6, 6.07) is 10.8. The highest BCUT2D eigenvalue weighted by atomic mass is 16.5. The quantitative estimate of drug-likeness (QED) is 0.782. The number of hydrogen-bond donors (Lipinski definition) is 0. The number of hydrogen-bond acceptors (Lipinski definition) is 5. The molecule has 0 amide bonds. The van der Waals surface area contributed by atoms with E-state index >= 15 is 0 Å². The van der Waals surface area contributed by atoms with Gasteiger partial charge in [0.25, 0.3) is 0 Å². The molecule has 1 aliphatic heterocycles. The van der Waals surface area contributed by atoms with Gasteiger partial charge in [0.15, 0.2) is 5.82 Å². The van der Waals surface area contributed by atoms with E-state index in [1.54, 1.807) is 0 Å². The van der Waals surface area contributed by atoms with Crippen LogP contribution in [0.25, 0.3) is 0 Å². The third-order valence-electron chi connectivity index (χ3n) is 4.64. The van der Waals surface area contributed by atoms with Crippen LogP contribution in [0.15, 0.2) is 34.9 Å². The van der Waals surface area contributed by atoms with Gasteiger partial charge in [-0.25, -0.2) is 0 Å². The Hall–Kier alpha value is -1.72. The SMILES string of the molecule is CCc1nc(CN2CCCN(CCCc3ccccc3)CC2)no1. The van der Waals surface area contributed by atoms with Crippen molar-refractivity contribution in [3.05, 3.63) is 47.6 Å². The normalized spacial score (nSPS) is 17.0. The maximum atomic E-state index is 5.20. The van der Waals surface area contributed by atoms with Crippen molar-refractivity contribution in [3.63, 3.8) is 0 Å². The lowest BCUT2D eigenvalue weighted by Crippen LogP contribution is -2.31. The Balaban J connectivity index is 1.40. The van der Waals surface area contributed by atoms with Gasteiger partial charge in [-0.2, -0.15) is 4.98 Å². The molecule has 5 nitrogen and oxygen atoms in total. The summed E-state index contributed by atoms with van der Waals surface area (Å²) in [7, 11) is 0. The van der Waals surface area contributed by atoms with Crippen molar-refractivity contribution in [3.8, 4) is 0 Å². The van der Waals surface area contributed by atoms with Crippen molar-refractivity contribution in [2.75, 3.05) is 32.7 Å². The number of aryl methyl sites for hydroxylation is 2. The summed E-state index contributed by atoms with van der Waals surface area (Å²) in [6.45, 7) is 8.56. The van der Waals surface area contributed by atoms with Crippen LogP contribution in [0.2, 0.25) is 0 Å². The summed E-state index contributed by atoms with van der Waals surface area (Å²) in [5.41, 5.74) is 1.44. The third kappa shape index (κ3) is 5.14. The molecule has 2 heterocycles. The van der Waals surface area contributed by atoms with Gasteiger partial charge >= 0.3 is 0 Å². The first-order valence-electron chi connectivity index (χ1n) is 9.13.